The van der Waals surface area contributed by atoms with Gasteiger partial charge in [0.05, 0.1) is 16.8 Å². The molecular weight excluding hydrogens is 378 g/mol. The Balaban J connectivity index is 1.95. The number of carbonyl (C=O) groups excluding carboxylic acids is 1. The molecule has 0 saturated heterocycles. The van der Waals surface area contributed by atoms with Crippen molar-refractivity contribution in [3.63, 3.8) is 0 Å². The third kappa shape index (κ3) is 4.31. The average Bonchev–Trinajstić information content (AvgIpc) is 3.13. The van der Waals surface area contributed by atoms with E-state index in [1.54, 1.807) is 15.5 Å². The van der Waals surface area contributed by atoms with Gasteiger partial charge in [0, 0.05) is 13.1 Å². The van der Waals surface area contributed by atoms with Crippen LogP contribution in [0.25, 0.3) is 15.9 Å². The maximum absolute atomic E-state index is 13.0. The van der Waals surface area contributed by atoms with Gasteiger partial charge in [0.1, 0.15) is 4.83 Å². The number of nitrogens with zero attached hydrogens (tertiary/aromatic N) is 3. The summed E-state index contributed by atoms with van der Waals surface area (Å²) in [5.41, 5.74) is 1.57. The highest BCUT2D eigenvalue weighted by atomic mass is 32.2. The van der Waals surface area contributed by atoms with Gasteiger partial charge in [-0.1, -0.05) is 42.1 Å². The zero-order valence-corrected chi connectivity index (χ0v) is 17.0. The highest BCUT2D eigenvalue weighted by Crippen LogP contribution is 2.24. The van der Waals surface area contributed by atoms with Gasteiger partial charge in [-0.3, -0.25) is 14.2 Å². The fourth-order valence-corrected chi connectivity index (χ4v) is 4.44. The summed E-state index contributed by atoms with van der Waals surface area (Å²) < 4.78 is 1.59. The Bertz CT molecular complexity index is 1020. The van der Waals surface area contributed by atoms with Crippen molar-refractivity contribution in [1.29, 1.82) is 0 Å². The van der Waals surface area contributed by atoms with Gasteiger partial charge in [0.15, 0.2) is 5.16 Å². The number of benzene rings is 1. The van der Waals surface area contributed by atoms with Crippen LogP contribution in [0.5, 0.6) is 0 Å². The molecule has 2 aromatic heterocycles. The summed E-state index contributed by atoms with van der Waals surface area (Å²) in [6.45, 7) is 8.89. The summed E-state index contributed by atoms with van der Waals surface area (Å²) in [6, 6.07) is 11.2. The van der Waals surface area contributed by atoms with Crippen molar-refractivity contribution < 1.29 is 4.79 Å². The van der Waals surface area contributed by atoms with Gasteiger partial charge in [-0.2, -0.15) is 0 Å². The molecule has 0 N–H and O–H groups in total. The van der Waals surface area contributed by atoms with Gasteiger partial charge in [-0.05, 0) is 37.4 Å². The summed E-state index contributed by atoms with van der Waals surface area (Å²) in [4.78, 5) is 32.7. The fraction of sp³-hybridized carbons (Fsp3) is 0.250. The van der Waals surface area contributed by atoms with Crippen molar-refractivity contribution in [2.75, 3.05) is 18.8 Å². The van der Waals surface area contributed by atoms with Crippen LogP contribution < -0.4 is 5.56 Å². The first kappa shape index (κ1) is 19.4. The van der Waals surface area contributed by atoms with E-state index in [1.807, 2.05) is 49.6 Å². The van der Waals surface area contributed by atoms with Crippen LogP contribution in [0.4, 0.5) is 0 Å². The fourth-order valence-electron chi connectivity index (χ4n) is 2.72. The van der Waals surface area contributed by atoms with E-state index < -0.39 is 0 Å². The number of rotatable bonds is 7. The number of thioether (sulfide) groups is 1. The largest absolute Gasteiger partial charge is 0.338 e. The van der Waals surface area contributed by atoms with Crippen LogP contribution in [-0.2, 0) is 4.79 Å². The van der Waals surface area contributed by atoms with Gasteiger partial charge in [0.2, 0.25) is 5.91 Å². The summed E-state index contributed by atoms with van der Waals surface area (Å²) in [5, 5.41) is 2.98. The quantitative estimate of drug-likeness (QED) is 0.343. The predicted molar refractivity (Wildman–Crippen MR) is 113 cm³/mol. The molecule has 3 aromatic rings. The number of amides is 1. The third-order valence-electron chi connectivity index (χ3n) is 4.00. The zero-order chi connectivity index (χ0) is 19.4. The van der Waals surface area contributed by atoms with E-state index in [1.165, 1.54) is 23.1 Å². The normalized spacial score (nSPS) is 10.9. The lowest BCUT2D eigenvalue weighted by Crippen LogP contribution is -2.33. The van der Waals surface area contributed by atoms with E-state index in [0.29, 0.717) is 28.5 Å². The Morgan fingerprint density at radius 2 is 2.04 bits per heavy atom. The minimum atomic E-state index is -0.114. The van der Waals surface area contributed by atoms with Crippen LogP contribution in [0.1, 0.15) is 13.8 Å². The minimum absolute atomic E-state index is 0.00522. The number of hydrogen-bond acceptors (Lipinski definition) is 5. The number of para-hydroxylation sites is 1. The minimum Gasteiger partial charge on any atom is -0.338 e. The molecule has 1 aromatic carbocycles. The first-order valence-corrected chi connectivity index (χ1v) is 10.5. The summed E-state index contributed by atoms with van der Waals surface area (Å²) >= 11 is 2.72. The maximum atomic E-state index is 13.0. The van der Waals surface area contributed by atoms with Crippen LogP contribution in [-0.4, -0.2) is 39.2 Å². The maximum Gasteiger partial charge on any atom is 0.267 e. The smallest absolute Gasteiger partial charge is 0.267 e. The lowest BCUT2D eigenvalue weighted by atomic mass is 10.3. The van der Waals surface area contributed by atoms with Gasteiger partial charge in [-0.15, -0.1) is 11.3 Å². The number of fused-ring (bicyclic) bond motifs is 1. The summed E-state index contributed by atoms with van der Waals surface area (Å²) in [6.07, 6.45) is 0. The standard InChI is InChI=1S/C20H21N3O2S2/c1-4-22(12-14(2)3)17(24)13-27-20-21-18-16(10-11-26-18)19(25)23(20)15-8-6-5-7-9-15/h5-11H,2,4,12-13H2,1,3H3. The SMILES string of the molecule is C=C(C)CN(CC)C(=O)CSc1nc2sccc2c(=O)n1-c1ccccc1. The number of likely N-dealkylation sites (N-methyl/N-ethyl adjacent to an activating group) is 1. The first-order valence-electron chi connectivity index (χ1n) is 8.62. The van der Waals surface area contributed by atoms with Crippen LogP contribution in [0.15, 0.2) is 63.9 Å². The molecule has 0 saturated carbocycles. The van der Waals surface area contributed by atoms with Crippen molar-refractivity contribution in [2.24, 2.45) is 0 Å². The molecule has 2 heterocycles. The van der Waals surface area contributed by atoms with E-state index in [4.69, 9.17) is 0 Å². The van der Waals surface area contributed by atoms with Gasteiger partial charge in [-0.25, -0.2) is 4.98 Å². The lowest BCUT2D eigenvalue weighted by molar-refractivity contribution is -0.127. The molecule has 0 aliphatic heterocycles. The molecule has 0 fully saturated rings. The molecule has 0 atom stereocenters. The monoisotopic (exact) mass is 399 g/mol. The average molecular weight is 400 g/mol. The summed E-state index contributed by atoms with van der Waals surface area (Å²) in [5.74, 6) is 0.225. The van der Waals surface area contributed by atoms with Crippen molar-refractivity contribution in [2.45, 2.75) is 19.0 Å². The topological polar surface area (TPSA) is 55.2 Å². The molecule has 27 heavy (non-hydrogen) atoms. The molecule has 0 aliphatic carbocycles. The van der Waals surface area contributed by atoms with E-state index >= 15 is 0 Å². The Hall–Kier alpha value is -2.38. The van der Waals surface area contributed by atoms with Gasteiger partial charge in [0.25, 0.3) is 5.56 Å². The first-order chi connectivity index (χ1) is 13.0. The van der Waals surface area contributed by atoms with Crippen LogP contribution in [0.3, 0.4) is 0 Å². The molecule has 0 unspecified atom stereocenters. The second kappa shape index (κ2) is 8.54. The van der Waals surface area contributed by atoms with Crippen molar-refractivity contribution in [1.82, 2.24) is 14.5 Å². The molecule has 0 aliphatic rings. The number of carbonyl (C=O) groups is 1. The molecule has 3 rings (SSSR count). The van der Waals surface area contributed by atoms with E-state index in [-0.39, 0.29) is 17.2 Å². The third-order valence-corrected chi connectivity index (χ3v) is 5.73. The van der Waals surface area contributed by atoms with Crippen LogP contribution in [0.2, 0.25) is 0 Å². The Labute approximate surface area is 166 Å². The molecule has 5 nitrogen and oxygen atoms in total. The Morgan fingerprint density at radius 1 is 1.30 bits per heavy atom. The zero-order valence-electron chi connectivity index (χ0n) is 15.3. The molecule has 140 valence electrons. The highest BCUT2D eigenvalue weighted by Gasteiger charge is 2.17. The van der Waals surface area contributed by atoms with Crippen LogP contribution >= 0.6 is 23.1 Å². The number of hydrogen-bond donors (Lipinski definition) is 0. The molecular formula is C20H21N3O2S2. The van der Waals surface area contributed by atoms with Crippen LogP contribution in [0, 0.1) is 0 Å². The number of thiophene rings is 1. The summed E-state index contributed by atoms with van der Waals surface area (Å²) in [7, 11) is 0. The molecule has 7 heteroatoms. The van der Waals surface area contributed by atoms with Gasteiger partial charge >= 0.3 is 0 Å². The molecule has 0 spiro atoms. The molecule has 0 radical (unpaired) electrons. The molecule has 0 bridgehead atoms. The van der Waals surface area contributed by atoms with E-state index in [9.17, 15) is 9.59 Å². The number of aromatic nitrogens is 2. The molecule has 1 amide bonds. The van der Waals surface area contributed by atoms with Crippen molar-refractivity contribution in [3.8, 4) is 5.69 Å². The predicted octanol–water partition coefficient (Wildman–Crippen LogP) is 3.96. The van der Waals surface area contributed by atoms with Gasteiger partial charge < -0.3 is 4.90 Å². The Kier molecular flexibility index (Phi) is 6.13. The highest BCUT2D eigenvalue weighted by molar-refractivity contribution is 7.99. The Morgan fingerprint density at radius 3 is 2.70 bits per heavy atom. The van der Waals surface area contributed by atoms with Crippen molar-refractivity contribution >= 4 is 39.2 Å². The van der Waals surface area contributed by atoms with E-state index in [0.717, 1.165) is 11.3 Å². The second-order valence-electron chi connectivity index (χ2n) is 6.16. The van der Waals surface area contributed by atoms with Crippen molar-refractivity contribution in [3.05, 3.63) is 64.3 Å². The second-order valence-corrected chi connectivity index (χ2v) is 8.00. The lowest BCUT2D eigenvalue weighted by Gasteiger charge is -2.21. The van der Waals surface area contributed by atoms with E-state index in [2.05, 4.69) is 11.6 Å².